The van der Waals surface area contributed by atoms with Gasteiger partial charge in [0.2, 0.25) is 10.0 Å². The van der Waals surface area contributed by atoms with Crippen molar-refractivity contribution in [2.24, 2.45) is 0 Å². The van der Waals surface area contributed by atoms with E-state index < -0.39 is 22.6 Å². The largest absolute Gasteiger partial charge is 0.392 e. The van der Waals surface area contributed by atoms with Gasteiger partial charge < -0.3 is 5.11 Å². The van der Waals surface area contributed by atoms with Gasteiger partial charge in [-0.15, -0.1) is 11.3 Å². The molecule has 0 atom stereocenters. The molecule has 0 aromatic carbocycles. The molecule has 0 aliphatic heterocycles. The number of hydrogen-bond acceptors (Lipinski definition) is 4. The number of thiophene rings is 1. The summed E-state index contributed by atoms with van der Waals surface area (Å²) in [5.74, 6) is 0. The maximum absolute atomic E-state index is 11.9. The Kier molecular flexibility index (Phi) is 5.78. The molecule has 1 rings (SSSR count). The summed E-state index contributed by atoms with van der Waals surface area (Å²) in [7, 11) is -3.69. The van der Waals surface area contributed by atoms with Gasteiger partial charge in [-0.25, -0.2) is 13.1 Å². The molecule has 0 saturated heterocycles. The fourth-order valence-electron chi connectivity index (χ4n) is 1.31. The third-order valence-corrected chi connectivity index (χ3v) is 5.21. The van der Waals surface area contributed by atoms with E-state index in [9.17, 15) is 21.6 Å². The Balaban J connectivity index is 2.39. The predicted octanol–water partition coefficient (Wildman–Crippen LogP) is 2.25. The second-order valence-electron chi connectivity index (χ2n) is 3.90. The van der Waals surface area contributed by atoms with Crippen LogP contribution in [0.3, 0.4) is 0 Å². The monoisotopic (exact) mass is 317 g/mol. The number of halogens is 3. The van der Waals surface area contributed by atoms with Crippen LogP contribution in [0.5, 0.6) is 0 Å². The topological polar surface area (TPSA) is 66.4 Å². The van der Waals surface area contributed by atoms with Gasteiger partial charge in [0.15, 0.2) is 0 Å². The van der Waals surface area contributed by atoms with E-state index >= 15 is 0 Å². The second-order valence-corrected chi connectivity index (χ2v) is 6.81. The highest BCUT2D eigenvalue weighted by Gasteiger charge is 2.26. The van der Waals surface area contributed by atoms with Crippen molar-refractivity contribution in [2.45, 2.75) is 36.3 Å². The lowest BCUT2D eigenvalue weighted by Crippen LogP contribution is -2.24. The minimum absolute atomic E-state index is 0.0369. The van der Waals surface area contributed by atoms with Crippen LogP contribution in [0.25, 0.3) is 0 Å². The van der Waals surface area contributed by atoms with E-state index in [4.69, 9.17) is 5.11 Å². The fourth-order valence-corrected chi connectivity index (χ4v) is 3.62. The third-order valence-electron chi connectivity index (χ3n) is 2.26. The zero-order valence-electron chi connectivity index (χ0n) is 9.90. The Morgan fingerprint density at radius 2 is 2.00 bits per heavy atom. The van der Waals surface area contributed by atoms with Crippen LogP contribution in [0, 0.1) is 0 Å². The summed E-state index contributed by atoms with van der Waals surface area (Å²) < 4.78 is 61.3. The molecule has 9 heteroatoms. The SMILES string of the molecule is O=S(=O)(NCCCCC(F)(F)F)c1cc(CO)cs1. The van der Waals surface area contributed by atoms with Gasteiger partial charge in [-0.3, -0.25) is 0 Å². The maximum Gasteiger partial charge on any atom is 0.389 e. The van der Waals surface area contributed by atoms with Gasteiger partial charge in [-0.2, -0.15) is 13.2 Å². The van der Waals surface area contributed by atoms with Gasteiger partial charge in [0.05, 0.1) is 6.61 Å². The van der Waals surface area contributed by atoms with Crippen LogP contribution in [-0.4, -0.2) is 26.2 Å². The molecule has 0 amide bonds. The number of rotatable bonds is 7. The summed E-state index contributed by atoms with van der Waals surface area (Å²) in [5, 5.41) is 10.3. The minimum atomic E-state index is -4.21. The molecule has 1 heterocycles. The molecule has 2 N–H and O–H groups in total. The number of sulfonamides is 1. The summed E-state index contributed by atoms with van der Waals surface area (Å²) >= 11 is 0.959. The maximum atomic E-state index is 11.9. The molecule has 0 spiro atoms. The number of aliphatic hydroxyl groups is 1. The molecule has 0 aliphatic carbocycles. The van der Waals surface area contributed by atoms with Crippen molar-refractivity contribution in [1.82, 2.24) is 4.72 Å². The average Bonchev–Trinajstić information content (AvgIpc) is 2.76. The number of alkyl halides is 3. The summed E-state index contributed by atoms with van der Waals surface area (Å²) in [5.41, 5.74) is 0.488. The van der Waals surface area contributed by atoms with Crippen LogP contribution in [0.4, 0.5) is 13.2 Å². The molecule has 0 fully saturated rings. The summed E-state index contributed by atoms with van der Waals surface area (Å²) in [6.07, 6.45) is -5.11. The van der Waals surface area contributed by atoms with Gasteiger partial charge in [0.1, 0.15) is 4.21 Å². The van der Waals surface area contributed by atoms with Crippen LogP contribution in [0.15, 0.2) is 15.7 Å². The van der Waals surface area contributed by atoms with Crippen LogP contribution >= 0.6 is 11.3 Å². The van der Waals surface area contributed by atoms with E-state index in [1.165, 1.54) is 11.4 Å². The quantitative estimate of drug-likeness (QED) is 0.758. The number of hydrogen-bond donors (Lipinski definition) is 2. The molecule has 1 aromatic rings. The van der Waals surface area contributed by atoms with E-state index in [0.717, 1.165) is 11.3 Å². The summed E-state index contributed by atoms with van der Waals surface area (Å²) in [6.45, 7) is -0.289. The number of aliphatic hydroxyl groups excluding tert-OH is 1. The first-order valence-corrected chi connectivity index (χ1v) is 7.85. The van der Waals surface area contributed by atoms with Crippen molar-refractivity contribution in [3.63, 3.8) is 0 Å². The van der Waals surface area contributed by atoms with E-state index in [2.05, 4.69) is 4.72 Å². The molecule has 0 bridgehead atoms. The Morgan fingerprint density at radius 3 is 2.53 bits per heavy atom. The zero-order chi connectivity index (χ0) is 14.5. The Morgan fingerprint density at radius 1 is 1.32 bits per heavy atom. The number of nitrogens with one attached hydrogen (secondary N) is 1. The van der Waals surface area contributed by atoms with E-state index in [-0.39, 0.29) is 30.2 Å². The molecule has 1 aromatic heterocycles. The van der Waals surface area contributed by atoms with Crippen LogP contribution in [0.2, 0.25) is 0 Å². The molecule has 0 aliphatic rings. The lowest BCUT2D eigenvalue weighted by Gasteiger charge is -2.06. The lowest BCUT2D eigenvalue weighted by atomic mass is 10.2. The van der Waals surface area contributed by atoms with Crippen molar-refractivity contribution in [1.29, 1.82) is 0 Å². The first kappa shape index (κ1) is 16.4. The molecule has 19 heavy (non-hydrogen) atoms. The second kappa shape index (κ2) is 6.69. The predicted molar refractivity (Wildman–Crippen MR) is 65.3 cm³/mol. The van der Waals surface area contributed by atoms with Crippen molar-refractivity contribution >= 4 is 21.4 Å². The average molecular weight is 317 g/mol. The zero-order valence-corrected chi connectivity index (χ0v) is 11.5. The highest BCUT2D eigenvalue weighted by atomic mass is 32.2. The van der Waals surface area contributed by atoms with Crippen LogP contribution in [0.1, 0.15) is 24.8 Å². The molecule has 110 valence electrons. The van der Waals surface area contributed by atoms with Gasteiger partial charge in [-0.1, -0.05) is 0 Å². The van der Waals surface area contributed by atoms with Crippen LogP contribution < -0.4 is 4.72 Å². The van der Waals surface area contributed by atoms with E-state index in [1.54, 1.807) is 0 Å². The van der Waals surface area contributed by atoms with Crippen molar-refractivity contribution in [3.8, 4) is 0 Å². The van der Waals surface area contributed by atoms with Gasteiger partial charge in [0, 0.05) is 13.0 Å². The van der Waals surface area contributed by atoms with Gasteiger partial charge in [0.25, 0.3) is 0 Å². The standard InChI is InChI=1S/C10H14F3NO3S2/c11-10(12,13)3-1-2-4-14-19(16,17)9-5-8(6-15)7-18-9/h5,7,14-15H,1-4,6H2. The molecule has 0 unspecified atom stereocenters. The van der Waals surface area contributed by atoms with Gasteiger partial charge >= 0.3 is 6.18 Å². The summed E-state index contributed by atoms with van der Waals surface area (Å²) in [6, 6.07) is 1.34. The molecular formula is C10H14F3NO3S2. The first-order chi connectivity index (χ1) is 8.74. The van der Waals surface area contributed by atoms with E-state index in [1.807, 2.05) is 0 Å². The first-order valence-electron chi connectivity index (χ1n) is 5.49. The van der Waals surface area contributed by atoms with Crippen molar-refractivity contribution in [2.75, 3.05) is 6.54 Å². The summed E-state index contributed by atoms with van der Waals surface area (Å²) in [4.78, 5) is 0. The molecule has 0 radical (unpaired) electrons. The van der Waals surface area contributed by atoms with Crippen molar-refractivity contribution < 1.29 is 26.7 Å². The van der Waals surface area contributed by atoms with Crippen LogP contribution in [-0.2, 0) is 16.6 Å². The third kappa shape index (κ3) is 5.89. The van der Waals surface area contributed by atoms with E-state index in [0.29, 0.717) is 5.56 Å². The Bertz CT molecular complexity index is 496. The highest BCUT2D eigenvalue weighted by molar-refractivity contribution is 7.91. The fraction of sp³-hybridized carbons (Fsp3) is 0.600. The lowest BCUT2D eigenvalue weighted by molar-refractivity contribution is -0.135. The molecule has 0 saturated carbocycles. The smallest absolute Gasteiger partial charge is 0.389 e. The Hall–Kier alpha value is -0.640. The molecular weight excluding hydrogens is 303 g/mol. The molecule has 4 nitrogen and oxygen atoms in total. The minimum Gasteiger partial charge on any atom is -0.392 e. The van der Waals surface area contributed by atoms with Gasteiger partial charge in [-0.05, 0) is 29.9 Å². The highest BCUT2D eigenvalue weighted by Crippen LogP contribution is 2.22. The Labute approximate surface area is 113 Å². The normalized spacial score (nSPS) is 12.8. The number of unbranched alkanes of at least 4 members (excludes halogenated alkanes) is 1. The van der Waals surface area contributed by atoms with Crippen molar-refractivity contribution in [3.05, 3.63) is 17.0 Å².